The number of sulfonamides is 1. The number of hydrogen-bond donors (Lipinski definition) is 2. The lowest BCUT2D eigenvalue weighted by Gasteiger charge is -2.39. The van der Waals surface area contributed by atoms with Gasteiger partial charge in [-0.25, -0.2) is 18.5 Å². The summed E-state index contributed by atoms with van der Waals surface area (Å²) in [5, 5.41) is 4.58. The van der Waals surface area contributed by atoms with Crippen LogP contribution in [0.2, 0.25) is 0 Å². The molecule has 1 aliphatic heterocycles. The number of allylic oxidation sites excluding steroid dienone is 2. The van der Waals surface area contributed by atoms with E-state index >= 15 is 0 Å². The second kappa shape index (κ2) is 10.7. The van der Waals surface area contributed by atoms with Gasteiger partial charge in [0.05, 0.1) is 29.9 Å². The quantitative estimate of drug-likeness (QED) is 0.278. The monoisotopic (exact) mass is 611 g/mol. The van der Waals surface area contributed by atoms with Gasteiger partial charge in [0.2, 0.25) is 0 Å². The Morgan fingerprint density at radius 1 is 1.00 bits per heavy atom. The molecule has 222 valence electrons. The van der Waals surface area contributed by atoms with Crippen LogP contribution in [0.15, 0.2) is 78.1 Å². The number of nitrogens with two attached hydrogens (primary N) is 2. The molecule has 3 aromatic rings. The Kier molecular flexibility index (Phi) is 7.86. The fourth-order valence-corrected chi connectivity index (χ4v) is 5.79. The maximum Gasteiger partial charge on any atom is 0.416 e. The zero-order chi connectivity index (χ0) is 31.3. The number of primary sulfonamides is 1. The molecule has 1 amide bonds. The van der Waals surface area contributed by atoms with Crippen molar-refractivity contribution in [3.63, 3.8) is 0 Å². The van der Waals surface area contributed by atoms with E-state index in [4.69, 9.17) is 10.9 Å². The first-order chi connectivity index (χ1) is 19.3. The number of pyridine rings is 1. The first-order valence-corrected chi connectivity index (χ1v) is 13.8. The number of primary amides is 1. The largest absolute Gasteiger partial charge is 0.416 e. The van der Waals surface area contributed by atoms with Crippen molar-refractivity contribution in [3.8, 4) is 11.1 Å². The lowest BCUT2D eigenvalue weighted by Crippen LogP contribution is -2.42. The SMILES string of the molecule is Cc1ccccc1-c1c(C2C=CC=C[N+]2(C)Cc2cc(C(F)(F)F)cc(C(F)(F)F)c2)cnc(S(N)(=O)=O)c1C(N)=O. The third kappa shape index (κ3) is 6.10. The van der Waals surface area contributed by atoms with Gasteiger partial charge >= 0.3 is 12.4 Å². The molecule has 14 heteroatoms. The van der Waals surface area contributed by atoms with Crippen molar-refractivity contribution in [2.75, 3.05) is 7.05 Å². The number of quaternary nitrogens is 1. The fraction of sp³-hybridized carbons (Fsp3) is 0.214. The van der Waals surface area contributed by atoms with E-state index in [9.17, 15) is 39.6 Å². The highest BCUT2D eigenvalue weighted by Crippen LogP contribution is 2.43. The van der Waals surface area contributed by atoms with E-state index in [1.165, 1.54) is 6.20 Å². The molecule has 0 aliphatic carbocycles. The van der Waals surface area contributed by atoms with Crippen LogP contribution in [0.4, 0.5) is 26.3 Å². The van der Waals surface area contributed by atoms with Crippen molar-refractivity contribution in [2.45, 2.75) is 36.9 Å². The van der Waals surface area contributed by atoms with Crippen LogP contribution in [-0.4, -0.2) is 30.8 Å². The summed E-state index contributed by atoms with van der Waals surface area (Å²) in [4.78, 5) is 16.7. The van der Waals surface area contributed by atoms with Gasteiger partial charge in [0.1, 0.15) is 12.6 Å². The van der Waals surface area contributed by atoms with Crippen LogP contribution in [0, 0.1) is 6.92 Å². The zero-order valence-corrected chi connectivity index (χ0v) is 23.0. The zero-order valence-electron chi connectivity index (χ0n) is 22.2. The Labute approximate surface area is 237 Å². The molecule has 0 saturated carbocycles. The highest BCUT2D eigenvalue weighted by molar-refractivity contribution is 7.89. The third-order valence-electron chi connectivity index (χ3n) is 6.96. The molecule has 0 spiro atoms. The van der Waals surface area contributed by atoms with Gasteiger partial charge in [0.15, 0.2) is 5.03 Å². The lowest BCUT2D eigenvalue weighted by molar-refractivity contribution is -0.898. The molecule has 0 saturated heterocycles. The molecule has 0 fully saturated rings. The average Bonchev–Trinajstić information content (AvgIpc) is 2.86. The van der Waals surface area contributed by atoms with Crippen LogP contribution in [0.1, 0.15) is 44.2 Å². The summed E-state index contributed by atoms with van der Waals surface area (Å²) in [5.41, 5.74) is 3.34. The number of amides is 1. The molecule has 7 nitrogen and oxygen atoms in total. The summed E-state index contributed by atoms with van der Waals surface area (Å²) >= 11 is 0. The van der Waals surface area contributed by atoms with Crippen molar-refractivity contribution < 1.29 is 44.0 Å². The highest BCUT2D eigenvalue weighted by Gasteiger charge is 2.40. The molecule has 1 aromatic heterocycles. The Morgan fingerprint density at radius 3 is 2.12 bits per heavy atom. The number of halogens is 6. The Bertz CT molecular complexity index is 1700. The maximum atomic E-state index is 13.6. The van der Waals surface area contributed by atoms with Crippen molar-refractivity contribution >= 4 is 15.9 Å². The Balaban J connectivity index is 1.99. The minimum atomic E-state index is -5.03. The first kappa shape index (κ1) is 30.9. The van der Waals surface area contributed by atoms with Gasteiger partial charge in [0.25, 0.3) is 15.9 Å². The minimum absolute atomic E-state index is 0.0538. The van der Waals surface area contributed by atoms with Crippen molar-refractivity contribution in [1.29, 1.82) is 0 Å². The van der Waals surface area contributed by atoms with E-state index in [0.29, 0.717) is 23.3 Å². The number of benzene rings is 2. The number of likely N-dealkylation sites (N-methyl/N-ethyl adjacent to an activating group) is 1. The summed E-state index contributed by atoms with van der Waals surface area (Å²) in [7, 11) is -2.98. The Morgan fingerprint density at radius 2 is 1.60 bits per heavy atom. The predicted molar refractivity (Wildman–Crippen MR) is 142 cm³/mol. The smallest absolute Gasteiger partial charge is 0.365 e. The molecule has 2 unspecified atom stereocenters. The van der Waals surface area contributed by atoms with Crippen molar-refractivity contribution in [1.82, 2.24) is 4.98 Å². The minimum Gasteiger partial charge on any atom is -0.365 e. The summed E-state index contributed by atoms with van der Waals surface area (Å²) in [6.45, 7) is 1.35. The fourth-order valence-electron chi connectivity index (χ4n) is 5.10. The van der Waals surface area contributed by atoms with Gasteiger partial charge in [-0.15, -0.1) is 0 Å². The standard InChI is InChI=1S/C28H24F6N4O3S/c1-16-7-3-4-8-20(16)23-21(14-37-26(42(36,40)41)24(23)25(35)39)22-9-5-6-10-38(22,2)15-17-11-18(27(29,30)31)13-19(12-17)28(32,33)34/h3-14,22H,15H2,1-2H3,(H3-,35,36,39,40,41)/p+1. The van der Waals surface area contributed by atoms with Gasteiger partial charge in [0, 0.05) is 22.9 Å². The van der Waals surface area contributed by atoms with Crippen LogP contribution >= 0.6 is 0 Å². The summed E-state index contributed by atoms with van der Waals surface area (Å²) in [6, 6.07) is 7.16. The van der Waals surface area contributed by atoms with Crippen LogP contribution in [0.5, 0.6) is 0 Å². The van der Waals surface area contributed by atoms with Gasteiger partial charge in [-0.05, 0) is 48.4 Å². The second-order valence-corrected chi connectivity index (χ2v) is 11.6. The number of aromatic nitrogens is 1. The molecule has 42 heavy (non-hydrogen) atoms. The Hall–Kier alpha value is -4.01. The van der Waals surface area contributed by atoms with E-state index in [0.717, 1.165) is 0 Å². The molecule has 2 atom stereocenters. The van der Waals surface area contributed by atoms with Crippen LogP contribution in [-0.2, 0) is 28.9 Å². The van der Waals surface area contributed by atoms with E-state index in [1.807, 2.05) is 0 Å². The molecule has 2 heterocycles. The van der Waals surface area contributed by atoms with Gasteiger partial charge < -0.3 is 5.73 Å². The number of rotatable bonds is 6. The number of hydrogen-bond acceptors (Lipinski definition) is 4. The molecule has 0 bridgehead atoms. The van der Waals surface area contributed by atoms with Gasteiger partial charge in [-0.3, -0.25) is 9.28 Å². The summed E-state index contributed by atoms with van der Waals surface area (Å²) < 4.78 is 106. The van der Waals surface area contributed by atoms with E-state index in [1.54, 1.807) is 62.7 Å². The summed E-state index contributed by atoms with van der Waals surface area (Å²) in [5.74, 6) is -1.15. The van der Waals surface area contributed by atoms with Crippen LogP contribution < -0.4 is 10.9 Å². The number of carbonyl (C=O) groups excluding carboxylic acids is 1. The van der Waals surface area contributed by atoms with Crippen LogP contribution in [0.3, 0.4) is 0 Å². The normalized spacial score (nSPS) is 19.2. The van der Waals surface area contributed by atoms with E-state index < -0.39 is 56.0 Å². The maximum absolute atomic E-state index is 13.6. The van der Waals surface area contributed by atoms with Crippen molar-refractivity contribution in [3.05, 3.63) is 106 Å². The molecule has 4 rings (SSSR count). The molecule has 0 radical (unpaired) electrons. The molecule has 1 aliphatic rings. The number of alkyl halides is 6. The molecule has 4 N–H and O–H groups in total. The number of carbonyl (C=O) groups is 1. The molecular formula is C28H25F6N4O3S+. The number of aryl methyl sites for hydroxylation is 1. The van der Waals surface area contributed by atoms with E-state index in [-0.39, 0.29) is 33.8 Å². The predicted octanol–water partition coefficient (Wildman–Crippen LogP) is 5.61. The lowest BCUT2D eigenvalue weighted by atomic mass is 9.88. The molecular weight excluding hydrogens is 586 g/mol. The topological polar surface area (TPSA) is 116 Å². The van der Waals surface area contributed by atoms with E-state index in [2.05, 4.69) is 4.98 Å². The first-order valence-electron chi connectivity index (χ1n) is 12.2. The average molecular weight is 612 g/mol. The highest BCUT2D eigenvalue weighted by atomic mass is 32.2. The molecule has 2 aromatic carbocycles. The van der Waals surface area contributed by atoms with Gasteiger partial charge in [-0.1, -0.05) is 30.3 Å². The summed E-state index contributed by atoms with van der Waals surface area (Å²) in [6.07, 6.45) is -2.52. The number of nitrogens with zero attached hydrogens (tertiary/aromatic N) is 2. The van der Waals surface area contributed by atoms with Gasteiger partial charge in [-0.2, -0.15) is 26.3 Å². The second-order valence-electron chi connectivity index (χ2n) is 10.1. The third-order valence-corrected chi connectivity index (χ3v) is 7.81. The van der Waals surface area contributed by atoms with Crippen molar-refractivity contribution in [2.24, 2.45) is 10.9 Å². The van der Waals surface area contributed by atoms with Crippen LogP contribution in [0.25, 0.3) is 11.1 Å².